The van der Waals surface area contributed by atoms with Crippen LogP contribution in [0.3, 0.4) is 0 Å². The number of anilines is 1. The number of amides is 1. The van der Waals surface area contributed by atoms with Crippen LogP contribution in [0.5, 0.6) is 0 Å². The van der Waals surface area contributed by atoms with Crippen molar-refractivity contribution < 1.29 is 9.90 Å². The molecule has 0 fully saturated rings. The van der Waals surface area contributed by atoms with Gasteiger partial charge >= 0.3 is 0 Å². The molecular weight excluding hydrogens is 260 g/mol. The molecule has 106 valence electrons. The zero-order valence-corrected chi connectivity index (χ0v) is 12.2. The van der Waals surface area contributed by atoms with Crippen LogP contribution in [0, 0.1) is 0 Å². The number of rotatable bonds is 7. The Hall–Kier alpha value is -1.04. The zero-order valence-electron chi connectivity index (χ0n) is 11.4. The molecule has 0 heterocycles. The molecule has 1 aromatic carbocycles. The van der Waals surface area contributed by atoms with E-state index in [0.717, 1.165) is 23.4 Å². The van der Waals surface area contributed by atoms with Gasteiger partial charge in [0.15, 0.2) is 0 Å². The van der Waals surface area contributed by atoms with Crippen LogP contribution in [-0.2, 0) is 4.79 Å². The van der Waals surface area contributed by atoms with E-state index in [0.29, 0.717) is 0 Å². The van der Waals surface area contributed by atoms with Gasteiger partial charge in [-0.15, -0.1) is 11.8 Å². The van der Waals surface area contributed by atoms with Gasteiger partial charge < -0.3 is 16.2 Å². The molecule has 0 spiro atoms. The summed E-state index contributed by atoms with van der Waals surface area (Å²) in [5.74, 6) is -0.0846. The van der Waals surface area contributed by atoms with Gasteiger partial charge in [-0.05, 0) is 30.7 Å². The lowest BCUT2D eigenvalue weighted by Gasteiger charge is -2.21. The Morgan fingerprint density at radius 2 is 2.05 bits per heavy atom. The van der Waals surface area contributed by atoms with Crippen molar-refractivity contribution in [2.75, 3.05) is 11.9 Å². The van der Waals surface area contributed by atoms with Crippen LogP contribution in [0.2, 0.25) is 0 Å². The van der Waals surface area contributed by atoms with Crippen molar-refractivity contribution in [1.82, 2.24) is 0 Å². The summed E-state index contributed by atoms with van der Waals surface area (Å²) in [4.78, 5) is 12.0. The van der Waals surface area contributed by atoms with Crippen LogP contribution in [-0.4, -0.2) is 28.9 Å². The average molecular weight is 282 g/mol. The summed E-state index contributed by atoms with van der Waals surface area (Å²) in [6.45, 7) is 3.63. The third-order valence-electron chi connectivity index (χ3n) is 2.74. The molecule has 1 aromatic rings. The molecule has 0 aliphatic heterocycles. The summed E-state index contributed by atoms with van der Waals surface area (Å²) in [5, 5.41) is 12.1. The molecule has 2 atom stereocenters. The molecule has 5 heteroatoms. The Balaban J connectivity index is 2.62. The maximum atomic E-state index is 10.9. The first-order chi connectivity index (χ1) is 9.06. The van der Waals surface area contributed by atoms with Gasteiger partial charge in [0.1, 0.15) is 0 Å². The molecular formula is C14H22N2O2S. The van der Waals surface area contributed by atoms with Crippen molar-refractivity contribution in [1.29, 1.82) is 0 Å². The lowest BCUT2D eigenvalue weighted by molar-refractivity contribution is -0.114. The van der Waals surface area contributed by atoms with Gasteiger partial charge in [0.05, 0.1) is 6.61 Å². The second kappa shape index (κ2) is 8.19. The van der Waals surface area contributed by atoms with E-state index < -0.39 is 0 Å². The molecule has 0 aliphatic rings. The van der Waals surface area contributed by atoms with E-state index in [1.165, 1.54) is 6.92 Å². The van der Waals surface area contributed by atoms with Gasteiger partial charge in [0, 0.05) is 28.8 Å². The van der Waals surface area contributed by atoms with Gasteiger partial charge in [0.25, 0.3) is 0 Å². The van der Waals surface area contributed by atoms with Gasteiger partial charge in [-0.25, -0.2) is 0 Å². The minimum atomic E-state index is -0.0846. The predicted molar refractivity (Wildman–Crippen MR) is 80.4 cm³/mol. The fourth-order valence-electron chi connectivity index (χ4n) is 1.77. The standard InChI is InChI=1S/C14H22N2O2S/c1-3-4-13(15)14(9-17)19-12-7-5-11(6-8-12)16-10(2)18/h5-8,13-14,17H,3-4,9,15H2,1-2H3,(H,16,18). The summed E-state index contributed by atoms with van der Waals surface area (Å²) in [6, 6.07) is 7.55. The van der Waals surface area contributed by atoms with Crippen LogP contribution in [0.1, 0.15) is 26.7 Å². The summed E-state index contributed by atoms with van der Waals surface area (Å²) in [5.41, 5.74) is 6.82. The van der Waals surface area contributed by atoms with E-state index in [9.17, 15) is 9.90 Å². The molecule has 0 radical (unpaired) electrons. The van der Waals surface area contributed by atoms with E-state index in [2.05, 4.69) is 12.2 Å². The number of carbonyl (C=O) groups excluding carboxylic acids is 1. The second-order valence-electron chi connectivity index (χ2n) is 4.50. The Kier molecular flexibility index (Phi) is 6.91. The third kappa shape index (κ3) is 5.63. The number of aliphatic hydroxyl groups excluding tert-OH is 1. The van der Waals surface area contributed by atoms with Crippen molar-refractivity contribution in [2.24, 2.45) is 5.73 Å². The van der Waals surface area contributed by atoms with Gasteiger partial charge in [-0.3, -0.25) is 4.79 Å². The third-order valence-corrected chi connectivity index (χ3v) is 4.09. The van der Waals surface area contributed by atoms with E-state index in [-0.39, 0.29) is 23.8 Å². The van der Waals surface area contributed by atoms with E-state index in [1.807, 2.05) is 24.3 Å². The van der Waals surface area contributed by atoms with Gasteiger partial charge in [-0.2, -0.15) is 0 Å². The number of carbonyl (C=O) groups is 1. The number of hydrogen-bond acceptors (Lipinski definition) is 4. The lowest BCUT2D eigenvalue weighted by Crippen LogP contribution is -2.34. The average Bonchev–Trinajstić information content (AvgIpc) is 2.37. The first kappa shape index (κ1) is 16.0. The van der Waals surface area contributed by atoms with Crippen LogP contribution < -0.4 is 11.1 Å². The highest BCUT2D eigenvalue weighted by molar-refractivity contribution is 8.00. The molecule has 0 saturated heterocycles. The molecule has 1 rings (SSSR count). The Bertz CT molecular complexity index is 395. The second-order valence-corrected chi connectivity index (χ2v) is 5.81. The molecule has 4 nitrogen and oxygen atoms in total. The molecule has 1 amide bonds. The van der Waals surface area contributed by atoms with Gasteiger partial charge in [0.2, 0.25) is 5.91 Å². The highest BCUT2D eigenvalue weighted by atomic mass is 32.2. The molecule has 19 heavy (non-hydrogen) atoms. The predicted octanol–water partition coefficient (Wildman–Crippen LogP) is 2.23. The smallest absolute Gasteiger partial charge is 0.221 e. The lowest BCUT2D eigenvalue weighted by atomic mass is 10.1. The van der Waals surface area contributed by atoms with Crippen molar-refractivity contribution in [3.8, 4) is 0 Å². The summed E-state index contributed by atoms with van der Waals surface area (Å²) >= 11 is 1.58. The fourth-order valence-corrected chi connectivity index (χ4v) is 2.80. The van der Waals surface area contributed by atoms with Crippen LogP contribution in [0.15, 0.2) is 29.2 Å². The van der Waals surface area contributed by atoms with E-state index in [4.69, 9.17) is 5.73 Å². The van der Waals surface area contributed by atoms with Crippen molar-refractivity contribution >= 4 is 23.4 Å². The van der Waals surface area contributed by atoms with Crippen molar-refractivity contribution in [3.05, 3.63) is 24.3 Å². The Morgan fingerprint density at radius 3 is 2.53 bits per heavy atom. The molecule has 0 aliphatic carbocycles. The minimum absolute atomic E-state index is 0.00461. The largest absolute Gasteiger partial charge is 0.395 e. The Labute approximate surface area is 118 Å². The monoisotopic (exact) mass is 282 g/mol. The number of hydrogen-bond donors (Lipinski definition) is 3. The summed E-state index contributed by atoms with van der Waals surface area (Å²) in [6.07, 6.45) is 1.92. The SMILES string of the molecule is CCCC(N)C(CO)Sc1ccc(NC(C)=O)cc1. The number of thioether (sulfide) groups is 1. The molecule has 0 bridgehead atoms. The highest BCUT2D eigenvalue weighted by Crippen LogP contribution is 2.27. The molecule has 4 N–H and O–H groups in total. The topological polar surface area (TPSA) is 75.3 Å². The maximum absolute atomic E-state index is 10.9. The van der Waals surface area contributed by atoms with Crippen molar-refractivity contribution in [2.45, 2.75) is 42.9 Å². The van der Waals surface area contributed by atoms with Crippen molar-refractivity contribution in [3.63, 3.8) is 0 Å². The quantitative estimate of drug-likeness (QED) is 0.670. The highest BCUT2D eigenvalue weighted by Gasteiger charge is 2.17. The van der Waals surface area contributed by atoms with Crippen LogP contribution in [0.25, 0.3) is 0 Å². The minimum Gasteiger partial charge on any atom is -0.395 e. The zero-order chi connectivity index (χ0) is 14.3. The number of aliphatic hydroxyl groups is 1. The van der Waals surface area contributed by atoms with Crippen LogP contribution in [0.4, 0.5) is 5.69 Å². The van der Waals surface area contributed by atoms with E-state index in [1.54, 1.807) is 11.8 Å². The first-order valence-corrected chi connectivity index (χ1v) is 7.35. The van der Waals surface area contributed by atoms with Crippen LogP contribution >= 0.6 is 11.8 Å². The Morgan fingerprint density at radius 1 is 1.42 bits per heavy atom. The fraction of sp³-hybridized carbons (Fsp3) is 0.500. The number of nitrogens with two attached hydrogens (primary N) is 1. The molecule has 0 aromatic heterocycles. The summed E-state index contributed by atoms with van der Waals surface area (Å²) < 4.78 is 0. The maximum Gasteiger partial charge on any atom is 0.221 e. The molecule has 0 saturated carbocycles. The molecule has 2 unspecified atom stereocenters. The first-order valence-electron chi connectivity index (χ1n) is 6.47. The van der Waals surface area contributed by atoms with E-state index >= 15 is 0 Å². The number of benzene rings is 1. The number of nitrogens with one attached hydrogen (secondary N) is 1. The normalized spacial score (nSPS) is 13.9. The summed E-state index contributed by atoms with van der Waals surface area (Å²) in [7, 11) is 0. The van der Waals surface area contributed by atoms with Gasteiger partial charge in [-0.1, -0.05) is 13.3 Å².